The van der Waals surface area contributed by atoms with Crippen LogP contribution >= 0.6 is 0 Å². The maximum absolute atomic E-state index is 10.7. The lowest BCUT2D eigenvalue weighted by molar-refractivity contribution is -0.385. The molecule has 1 rings (SSSR count). The lowest BCUT2D eigenvalue weighted by Gasteiger charge is -2.16. The lowest BCUT2D eigenvalue weighted by Crippen LogP contribution is -2.22. The van der Waals surface area contributed by atoms with Gasteiger partial charge < -0.3 is 10.4 Å². The highest BCUT2D eigenvalue weighted by Gasteiger charge is 2.13. The Balaban J connectivity index is 2.81. The van der Waals surface area contributed by atoms with Gasteiger partial charge in [0.1, 0.15) is 0 Å². The monoisotopic (exact) mass is 252 g/mol. The molecule has 6 heteroatoms. The predicted octanol–water partition coefficient (Wildman–Crippen LogP) is 2.57. The molecule has 0 bridgehead atoms. The SMILES string of the molecule is CCC(CC(=O)O)Nc1ccc([N+](=O)[O-])c(C)c1. The second-order valence-corrected chi connectivity index (χ2v) is 4.11. The predicted molar refractivity (Wildman–Crippen MR) is 67.8 cm³/mol. The topological polar surface area (TPSA) is 92.5 Å². The molecular weight excluding hydrogens is 236 g/mol. The van der Waals surface area contributed by atoms with Crippen molar-refractivity contribution in [3.8, 4) is 0 Å². The van der Waals surface area contributed by atoms with Crippen molar-refractivity contribution < 1.29 is 14.8 Å². The highest BCUT2D eigenvalue weighted by atomic mass is 16.6. The minimum absolute atomic E-state index is 0.0204. The number of carboxylic acid groups (broad SMARTS) is 1. The summed E-state index contributed by atoms with van der Waals surface area (Å²) in [6.45, 7) is 3.54. The Bertz CT molecular complexity index is 459. The molecule has 0 saturated heterocycles. The molecule has 6 nitrogen and oxygen atoms in total. The molecule has 1 aromatic carbocycles. The summed E-state index contributed by atoms with van der Waals surface area (Å²) in [7, 11) is 0. The van der Waals surface area contributed by atoms with Crippen LogP contribution in [0.4, 0.5) is 11.4 Å². The Hall–Kier alpha value is -2.11. The molecule has 0 heterocycles. The molecule has 98 valence electrons. The third-order valence-electron chi connectivity index (χ3n) is 2.68. The van der Waals surface area contributed by atoms with E-state index >= 15 is 0 Å². The van der Waals surface area contributed by atoms with Gasteiger partial charge in [0, 0.05) is 23.4 Å². The molecule has 1 aromatic rings. The van der Waals surface area contributed by atoms with E-state index in [4.69, 9.17) is 5.11 Å². The second-order valence-electron chi connectivity index (χ2n) is 4.11. The van der Waals surface area contributed by atoms with E-state index in [1.54, 1.807) is 19.1 Å². The van der Waals surface area contributed by atoms with Gasteiger partial charge in [0.15, 0.2) is 0 Å². The molecule has 0 radical (unpaired) electrons. The first-order chi connectivity index (χ1) is 8.43. The van der Waals surface area contributed by atoms with E-state index in [1.165, 1.54) is 6.07 Å². The summed E-state index contributed by atoms with van der Waals surface area (Å²) in [5.41, 5.74) is 1.31. The standard InChI is InChI=1S/C12H16N2O4/c1-3-9(7-12(15)16)13-10-4-5-11(14(17)18)8(2)6-10/h4-6,9,13H,3,7H2,1-2H3,(H,15,16). The van der Waals surface area contributed by atoms with Gasteiger partial charge in [-0.05, 0) is 25.5 Å². The number of rotatable bonds is 6. The zero-order valence-electron chi connectivity index (χ0n) is 10.3. The Kier molecular flexibility index (Phi) is 4.65. The third-order valence-corrected chi connectivity index (χ3v) is 2.68. The maximum atomic E-state index is 10.7. The number of carboxylic acids is 1. The van der Waals surface area contributed by atoms with Gasteiger partial charge in [-0.2, -0.15) is 0 Å². The Morgan fingerprint density at radius 3 is 2.67 bits per heavy atom. The van der Waals surface area contributed by atoms with Gasteiger partial charge in [0.25, 0.3) is 5.69 Å². The fraction of sp³-hybridized carbons (Fsp3) is 0.417. The van der Waals surface area contributed by atoms with Crippen LogP contribution in [0.15, 0.2) is 18.2 Å². The summed E-state index contributed by atoms with van der Waals surface area (Å²) in [4.78, 5) is 20.9. The Morgan fingerprint density at radius 2 is 2.22 bits per heavy atom. The molecule has 18 heavy (non-hydrogen) atoms. The zero-order chi connectivity index (χ0) is 13.7. The van der Waals surface area contributed by atoms with Gasteiger partial charge >= 0.3 is 5.97 Å². The summed E-state index contributed by atoms with van der Waals surface area (Å²) >= 11 is 0. The minimum atomic E-state index is -0.868. The van der Waals surface area contributed by atoms with E-state index < -0.39 is 10.9 Å². The number of aliphatic carboxylic acids is 1. The summed E-state index contributed by atoms with van der Waals surface area (Å²) in [6.07, 6.45) is 0.689. The number of nitrogens with one attached hydrogen (secondary N) is 1. The van der Waals surface area contributed by atoms with Crippen molar-refractivity contribution in [3.05, 3.63) is 33.9 Å². The van der Waals surface area contributed by atoms with Gasteiger partial charge in [-0.15, -0.1) is 0 Å². The van der Waals surface area contributed by atoms with Crippen molar-refractivity contribution >= 4 is 17.3 Å². The number of anilines is 1. The Morgan fingerprint density at radius 1 is 1.56 bits per heavy atom. The van der Waals surface area contributed by atoms with Crippen molar-refractivity contribution in [1.29, 1.82) is 0 Å². The number of nitro benzene ring substituents is 1. The van der Waals surface area contributed by atoms with E-state index in [9.17, 15) is 14.9 Å². The first-order valence-electron chi connectivity index (χ1n) is 5.67. The van der Waals surface area contributed by atoms with E-state index in [-0.39, 0.29) is 18.2 Å². The van der Waals surface area contributed by atoms with Crippen LogP contribution in [0.25, 0.3) is 0 Å². The first kappa shape index (κ1) is 14.0. The van der Waals surface area contributed by atoms with E-state index in [0.717, 1.165) is 0 Å². The van der Waals surface area contributed by atoms with E-state index in [0.29, 0.717) is 17.7 Å². The summed E-state index contributed by atoms with van der Waals surface area (Å²) in [6, 6.07) is 4.49. The van der Waals surface area contributed by atoms with Crippen molar-refractivity contribution in [2.45, 2.75) is 32.7 Å². The maximum Gasteiger partial charge on any atom is 0.305 e. The van der Waals surface area contributed by atoms with Crippen LogP contribution in [0.2, 0.25) is 0 Å². The number of hydrogen-bond donors (Lipinski definition) is 2. The molecule has 0 amide bonds. The van der Waals surface area contributed by atoms with Gasteiger partial charge in [0.05, 0.1) is 11.3 Å². The number of nitrogens with zero attached hydrogens (tertiary/aromatic N) is 1. The van der Waals surface area contributed by atoms with Crippen LogP contribution in [0, 0.1) is 17.0 Å². The fourth-order valence-corrected chi connectivity index (χ4v) is 1.69. The van der Waals surface area contributed by atoms with E-state index in [2.05, 4.69) is 5.32 Å². The second kappa shape index (κ2) is 6.00. The molecule has 0 aliphatic rings. The molecule has 0 aromatic heterocycles. The zero-order valence-corrected chi connectivity index (χ0v) is 10.3. The van der Waals surface area contributed by atoms with Crippen molar-refractivity contribution in [1.82, 2.24) is 0 Å². The molecule has 1 unspecified atom stereocenters. The average molecular weight is 252 g/mol. The molecule has 0 spiro atoms. The van der Waals surface area contributed by atoms with Gasteiger partial charge in [-0.1, -0.05) is 6.92 Å². The molecule has 1 atom stereocenters. The normalized spacial score (nSPS) is 11.9. The van der Waals surface area contributed by atoms with Crippen LogP contribution in [-0.2, 0) is 4.79 Å². The molecule has 0 fully saturated rings. The van der Waals surface area contributed by atoms with Gasteiger partial charge in [-0.3, -0.25) is 14.9 Å². The smallest absolute Gasteiger partial charge is 0.305 e. The van der Waals surface area contributed by atoms with Crippen molar-refractivity contribution in [2.75, 3.05) is 5.32 Å². The van der Waals surface area contributed by atoms with Crippen molar-refractivity contribution in [2.24, 2.45) is 0 Å². The number of nitro groups is 1. The molecule has 2 N–H and O–H groups in total. The number of benzene rings is 1. The van der Waals surface area contributed by atoms with Crippen LogP contribution in [0.3, 0.4) is 0 Å². The number of hydrogen-bond acceptors (Lipinski definition) is 4. The van der Waals surface area contributed by atoms with Crippen LogP contribution in [0.5, 0.6) is 0 Å². The lowest BCUT2D eigenvalue weighted by atomic mass is 10.1. The molecule has 0 aliphatic heterocycles. The quantitative estimate of drug-likeness (QED) is 0.599. The van der Waals surface area contributed by atoms with E-state index in [1.807, 2.05) is 6.92 Å². The van der Waals surface area contributed by atoms with Crippen LogP contribution in [-0.4, -0.2) is 22.0 Å². The largest absolute Gasteiger partial charge is 0.481 e. The summed E-state index contributed by atoms with van der Waals surface area (Å²) < 4.78 is 0. The van der Waals surface area contributed by atoms with Crippen LogP contribution in [0.1, 0.15) is 25.3 Å². The minimum Gasteiger partial charge on any atom is -0.481 e. The van der Waals surface area contributed by atoms with Gasteiger partial charge in [0.2, 0.25) is 0 Å². The first-order valence-corrected chi connectivity index (χ1v) is 5.67. The Labute approximate surface area is 105 Å². The highest BCUT2D eigenvalue weighted by Crippen LogP contribution is 2.22. The van der Waals surface area contributed by atoms with Crippen molar-refractivity contribution in [3.63, 3.8) is 0 Å². The molecule has 0 aliphatic carbocycles. The summed E-state index contributed by atoms with van der Waals surface area (Å²) in [5, 5.41) is 22.5. The van der Waals surface area contributed by atoms with Gasteiger partial charge in [-0.25, -0.2) is 0 Å². The third kappa shape index (κ3) is 3.73. The van der Waals surface area contributed by atoms with Crippen LogP contribution < -0.4 is 5.32 Å². The number of aryl methyl sites for hydroxylation is 1. The fourth-order valence-electron chi connectivity index (χ4n) is 1.69. The highest BCUT2D eigenvalue weighted by molar-refractivity contribution is 5.68. The average Bonchev–Trinajstić information content (AvgIpc) is 2.27. The molecular formula is C12H16N2O4. The summed E-state index contributed by atoms with van der Waals surface area (Å²) in [5.74, 6) is -0.868. The number of carbonyl (C=O) groups is 1. The molecule has 0 saturated carbocycles.